The van der Waals surface area contributed by atoms with Gasteiger partial charge in [-0.2, -0.15) is 0 Å². The van der Waals surface area contributed by atoms with Crippen molar-refractivity contribution in [2.45, 2.75) is 0 Å². The maximum atomic E-state index is 11.2. The van der Waals surface area contributed by atoms with E-state index in [1.807, 2.05) is 30.3 Å². The predicted octanol–water partition coefficient (Wildman–Crippen LogP) is 1.86. The molecule has 0 amide bonds. The average Bonchev–Trinajstić information content (AvgIpc) is 2.85. The fourth-order valence-corrected chi connectivity index (χ4v) is 2.27. The lowest BCUT2D eigenvalue weighted by atomic mass is 10.1. The molecule has 6 heteroatoms. The molecule has 20 heavy (non-hydrogen) atoms. The van der Waals surface area contributed by atoms with Crippen molar-refractivity contribution in [2.24, 2.45) is 0 Å². The molecule has 0 bridgehead atoms. The molecule has 4 aromatic rings. The second-order valence-electron chi connectivity index (χ2n) is 4.41. The third-order valence-electron chi connectivity index (χ3n) is 3.16. The quantitative estimate of drug-likeness (QED) is 0.548. The molecule has 0 atom stereocenters. The van der Waals surface area contributed by atoms with Gasteiger partial charge in [-0.15, -0.1) is 0 Å². The molecular formula is C14H9N5O. The molecule has 96 valence electrons. The zero-order valence-corrected chi connectivity index (χ0v) is 10.3. The van der Waals surface area contributed by atoms with Crippen molar-refractivity contribution in [2.75, 3.05) is 0 Å². The summed E-state index contributed by atoms with van der Waals surface area (Å²) in [6, 6.07) is 9.71. The van der Waals surface area contributed by atoms with E-state index in [9.17, 15) is 4.79 Å². The summed E-state index contributed by atoms with van der Waals surface area (Å²) in [5.74, 6) is 0. The summed E-state index contributed by atoms with van der Waals surface area (Å²) in [6.45, 7) is 0. The number of aromatic amines is 2. The molecule has 0 saturated heterocycles. The third-order valence-corrected chi connectivity index (χ3v) is 3.16. The van der Waals surface area contributed by atoms with Gasteiger partial charge in [-0.05, 0) is 12.1 Å². The number of nitrogens with zero attached hydrogens (tertiary/aromatic N) is 3. The van der Waals surface area contributed by atoms with Crippen LogP contribution in [0.15, 0.2) is 47.5 Å². The van der Waals surface area contributed by atoms with Crippen molar-refractivity contribution in [3.8, 4) is 11.3 Å². The minimum Gasteiger partial charge on any atom is -0.289 e. The van der Waals surface area contributed by atoms with Crippen molar-refractivity contribution >= 4 is 22.2 Å². The van der Waals surface area contributed by atoms with Crippen molar-refractivity contribution in [1.82, 2.24) is 24.9 Å². The first-order chi connectivity index (χ1) is 9.81. The molecule has 0 unspecified atom stereocenters. The Labute approximate surface area is 112 Å². The minimum atomic E-state index is -0.309. The van der Waals surface area contributed by atoms with Gasteiger partial charge in [0.25, 0.3) is 0 Å². The van der Waals surface area contributed by atoms with E-state index in [0.29, 0.717) is 17.0 Å². The second-order valence-corrected chi connectivity index (χ2v) is 4.41. The van der Waals surface area contributed by atoms with Gasteiger partial charge in [0, 0.05) is 17.1 Å². The van der Waals surface area contributed by atoms with Crippen LogP contribution in [0.25, 0.3) is 33.5 Å². The summed E-state index contributed by atoms with van der Waals surface area (Å²) in [5.41, 5.74) is 3.13. The number of imidazole rings is 1. The lowest BCUT2D eigenvalue weighted by Gasteiger charge is -2.04. The van der Waals surface area contributed by atoms with Crippen LogP contribution in [-0.4, -0.2) is 24.9 Å². The monoisotopic (exact) mass is 263 g/mol. The molecule has 0 aliphatic rings. The van der Waals surface area contributed by atoms with Crippen LogP contribution in [0.3, 0.4) is 0 Å². The molecule has 0 aliphatic heterocycles. The van der Waals surface area contributed by atoms with Crippen molar-refractivity contribution in [3.05, 3.63) is 53.2 Å². The van der Waals surface area contributed by atoms with Crippen molar-refractivity contribution < 1.29 is 0 Å². The van der Waals surface area contributed by atoms with Gasteiger partial charge >= 0.3 is 5.69 Å². The standard InChI is InChI=1S/C14H9N5O/c20-14-18-12-13(19-14)17-11(7-16-12)9-3-1-5-10-8(9)4-2-6-15-10/h1-7H,(H2,16,17,18,19,20). The number of nitrogens with one attached hydrogen (secondary N) is 2. The molecule has 4 rings (SSSR count). The Balaban J connectivity index is 2.03. The highest BCUT2D eigenvalue weighted by atomic mass is 16.1. The molecule has 0 spiro atoms. The molecule has 3 heterocycles. The number of rotatable bonds is 1. The molecule has 0 saturated carbocycles. The number of pyridine rings is 1. The number of hydrogen-bond acceptors (Lipinski definition) is 4. The van der Waals surface area contributed by atoms with E-state index < -0.39 is 0 Å². The minimum absolute atomic E-state index is 0.309. The molecule has 0 aliphatic carbocycles. The van der Waals surface area contributed by atoms with Crippen molar-refractivity contribution in [3.63, 3.8) is 0 Å². The summed E-state index contributed by atoms with van der Waals surface area (Å²) >= 11 is 0. The highest BCUT2D eigenvalue weighted by Crippen LogP contribution is 2.25. The third kappa shape index (κ3) is 1.58. The van der Waals surface area contributed by atoms with Crippen LogP contribution >= 0.6 is 0 Å². The van der Waals surface area contributed by atoms with Crippen LogP contribution in [0.2, 0.25) is 0 Å². The maximum absolute atomic E-state index is 11.2. The van der Waals surface area contributed by atoms with Gasteiger partial charge in [-0.25, -0.2) is 14.8 Å². The van der Waals surface area contributed by atoms with Gasteiger partial charge in [0.1, 0.15) is 0 Å². The van der Waals surface area contributed by atoms with Crippen LogP contribution in [0.4, 0.5) is 0 Å². The fourth-order valence-electron chi connectivity index (χ4n) is 2.27. The van der Waals surface area contributed by atoms with E-state index in [1.165, 1.54) is 0 Å². The van der Waals surface area contributed by atoms with Crippen molar-refractivity contribution in [1.29, 1.82) is 0 Å². The predicted molar refractivity (Wildman–Crippen MR) is 75.2 cm³/mol. The number of H-pyrrole nitrogens is 2. The molecule has 0 fully saturated rings. The second kappa shape index (κ2) is 3.99. The topological polar surface area (TPSA) is 87.3 Å². The largest absolute Gasteiger partial charge is 0.326 e. The first-order valence-electron chi connectivity index (χ1n) is 6.10. The molecule has 6 nitrogen and oxygen atoms in total. The summed E-state index contributed by atoms with van der Waals surface area (Å²) in [5, 5.41) is 1.00. The van der Waals surface area contributed by atoms with E-state index in [-0.39, 0.29) is 5.69 Å². The summed E-state index contributed by atoms with van der Waals surface area (Å²) in [4.78, 5) is 29.4. The van der Waals surface area contributed by atoms with Gasteiger partial charge in [0.15, 0.2) is 11.3 Å². The summed E-state index contributed by atoms with van der Waals surface area (Å²) < 4.78 is 0. The van der Waals surface area contributed by atoms with Gasteiger partial charge in [-0.1, -0.05) is 18.2 Å². The number of hydrogen-bond donors (Lipinski definition) is 2. The highest BCUT2D eigenvalue weighted by Gasteiger charge is 2.08. The Kier molecular flexibility index (Phi) is 2.17. The maximum Gasteiger partial charge on any atom is 0.326 e. The Morgan fingerprint density at radius 3 is 2.80 bits per heavy atom. The van der Waals surface area contributed by atoms with E-state index >= 15 is 0 Å². The van der Waals surface area contributed by atoms with Gasteiger partial charge in [0.05, 0.1) is 17.4 Å². The smallest absolute Gasteiger partial charge is 0.289 e. The lowest BCUT2D eigenvalue weighted by molar-refractivity contribution is 1.20. The SMILES string of the molecule is O=c1[nH]c2ncc(-c3cccc4ncccc34)nc2[nH]1. The molecule has 3 aromatic heterocycles. The van der Waals surface area contributed by atoms with E-state index in [4.69, 9.17) is 0 Å². The molecule has 1 aromatic carbocycles. The van der Waals surface area contributed by atoms with Crippen LogP contribution in [0, 0.1) is 0 Å². The van der Waals surface area contributed by atoms with Crippen LogP contribution in [-0.2, 0) is 0 Å². The van der Waals surface area contributed by atoms with Crippen LogP contribution < -0.4 is 5.69 Å². The summed E-state index contributed by atoms with van der Waals surface area (Å²) in [7, 11) is 0. The Morgan fingerprint density at radius 1 is 0.950 bits per heavy atom. The van der Waals surface area contributed by atoms with E-state index in [1.54, 1.807) is 12.4 Å². The van der Waals surface area contributed by atoms with E-state index in [2.05, 4.69) is 24.9 Å². The highest BCUT2D eigenvalue weighted by molar-refractivity contribution is 5.93. The first-order valence-corrected chi connectivity index (χ1v) is 6.10. The number of aromatic nitrogens is 5. The molecular weight excluding hydrogens is 254 g/mol. The first kappa shape index (κ1) is 10.9. The number of benzene rings is 1. The fraction of sp³-hybridized carbons (Fsp3) is 0. The normalized spacial score (nSPS) is 11.2. The zero-order valence-electron chi connectivity index (χ0n) is 10.3. The summed E-state index contributed by atoms with van der Waals surface area (Å²) in [6.07, 6.45) is 3.40. The average molecular weight is 263 g/mol. The lowest BCUT2D eigenvalue weighted by Crippen LogP contribution is -1.99. The van der Waals surface area contributed by atoms with Gasteiger partial charge < -0.3 is 0 Å². The molecule has 0 radical (unpaired) electrons. The zero-order chi connectivity index (χ0) is 13.5. The Morgan fingerprint density at radius 2 is 1.85 bits per heavy atom. The van der Waals surface area contributed by atoms with Crippen LogP contribution in [0.5, 0.6) is 0 Å². The van der Waals surface area contributed by atoms with Gasteiger partial charge in [0.2, 0.25) is 0 Å². The van der Waals surface area contributed by atoms with Crippen LogP contribution in [0.1, 0.15) is 0 Å². The Bertz CT molecular complexity index is 980. The molecule has 2 N–H and O–H groups in total. The van der Waals surface area contributed by atoms with Gasteiger partial charge in [-0.3, -0.25) is 15.0 Å². The van der Waals surface area contributed by atoms with E-state index in [0.717, 1.165) is 16.5 Å². The Hall–Kier alpha value is -3.02. The number of fused-ring (bicyclic) bond motifs is 2.